The summed E-state index contributed by atoms with van der Waals surface area (Å²) in [5.74, 6) is 1.35. The number of carbonyl (C=O) groups is 1. The molecule has 0 aliphatic heterocycles. The Labute approximate surface area is 189 Å². The minimum absolute atomic E-state index is 0.165. The Kier molecular flexibility index (Phi) is 7.20. The maximum atomic E-state index is 12.6. The molecule has 8 nitrogen and oxygen atoms in total. The smallest absolute Gasteiger partial charge is 0.250 e. The van der Waals surface area contributed by atoms with Gasteiger partial charge in [-0.05, 0) is 53.7 Å². The van der Waals surface area contributed by atoms with Crippen molar-refractivity contribution in [1.29, 1.82) is 0 Å². The first-order chi connectivity index (χ1) is 15.1. The van der Waals surface area contributed by atoms with Crippen LogP contribution in [-0.4, -0.2) is 41.6 Å². The monoisotopic (exact) mass is 443 g/mol. The quantitative estimate of drug-likeness (QED) is 0.631. The fraction of sp³-hybridized carbons (Fsp3) is 0.727. The van der Waals surface area contributed by atoms with Gasteiger partial charge in [-0.3, -0.25) is 10.1 Å². The lowest BCUT2D eigenvalue weighted by atomic mass is 9.62. The normalized spacial score (nSPS) is 25.8. The second-order valence-electron chi connectivity index (χ2n) is 9.07. The molecule has 168 valence electrons. The van der Waals surface area contributed by atoms with Crippen LogP contribution >= 0.6 is 12.6 Å². The Hall–Kier alpha value is -2.03. The van der Waals surface area contributed by atoms with Gasteiger partial charge in [0, 0.05) is 12.6 Å². The minimum Gasteiger partial charge on any atom is -0.292 e. The van der Waals surface area contributed by atoms with E-state index in [2.05, 4.69) is 43.7 Å². The van der Waals surface area contributed by atoms with Crippen LogP contribution in [0.2, 0.25) is 0 Å². The summed E-state index contributed by atoms with van der Waals surface area (Å²) in [6.45, 7) is 1.94. The van der Waals surface area contributed by atoms with Gasteiger partial charge in [0.05, 0.1) is 16.5 Å². The van der Waals surface area contributed by atoms with E-state index in [1.807, 2.05) is 23.7 Å². The number of hydrogen-bond donors (Lipinski definition) is 2. The highest BCUT2D eigenvalue weighted by atomic mass is 32.1. The molecule has 0 saturated heterocycles. The number of nitrogens with one attached hydrogen (secondary N) is 1. The van der Waals surface area contributed by atoms with Crippen molar-refractivity contribution in [1.82, 2.24) is 30.4 Å². The average molecular weight is 444 g/mol. The molecule has 0 radical (unpaired) electrons. The summed E-state index contributed by atoms with van der Waals surface area (Å²) in [7, 11) is 0. The largest absolute Gasteiger partial charge is 0.292 e. The predicted octanol–water partition coefficient (Wildman–Crippen LogP) is 3.82. The molecule has 1 amide bonds. The van der Waals surface area contributed by atoms with Crippen LogP contribution in [0.4, 0.5) is 5.95 Å². The van der Waals surface area contributed by atoms with Gasteiger partial charge >= 0.3 is 0 Å². The Balaban J connectivity index is 1.74. The standard InChI is InChI=1S/C22H33N7OS/c1-2-19(31)20(30)24-21-26-27-28-29(21)22(15-17-11-8-14-23-25-17)13-7-6-12-18(22)16-9-4-3-5-10-16/h8,11,14,16,18-19,31H,2-7,9-10,12-13,15H2,1H3,(H,24,26,28,30). The molecular formula is C22H33N7OS. The predicted molar refractivity (Wildman–Crippen MR) is 122 cm³/mol. The van der Waals surface area contributed by atoms with Crippen LogP contribution in [0.3, 0.4) is 0 Å². The van der Waals surface area contributed by atoms with Crippen molar-refractivity contribution in [2.45, 2.75) is 88.3 Å². The van der Waals surface area contributed by atoms with E-state index in [1.165, 1.54) is 38.5 Å². The van der Waals surface area contributed by atoms with E-state index in [1.54, 1.807) is 6.20 Å². The van der Waals surface area contributed by atoms with Gasteiger partial charge in [-0.1, -0.05) is 57.0 Å². The number of tetrazole rings is 1. The van der Waals surface area contributed by atoms with Crippen LogP contribution in [0.1, 0.15) is 76.8 Å². The van der Waals surface area contributed by atoms with Crippen molar-refractivity contribution in [2.75, 3.05) is 5.32 Å². The zero-order chi connectivity index (χ0) is 21.7. The van der Waals surface area contributed by atoms with Crippen molar-refractivity contribution in [3.05, 3.63) is 24.0 Å². The van der Waals surface area contributed by atoms with E-state index >= 15 is 0 Å². The molecule has 31 heavy (non-hydrogen) atoms. The molecule has 4 rings (SSSR count). The molecule has 2 aromatic rings. The van der Waals surface area contributed by atoms with Crippen LogP contribution in [0, 0.1) is 11.8 Å². The number of anilines is 1. The molecule has 2 heterocycles. The third kappa shape index (κ3) is 4.76. The number of nitrogens with zero attached hydrogens (tertiary/aromatic N) is 6. The maximum absolute atomic E-state index is 12.6. The number of thiol groups is 1. The number of hydrogen-bond acceptors (Lipinski definition) is 7. The Morgan fingerprint density at radius 1 is 1.23 bits per heavy atom. The highest BCUT2D eigenvalue weighted by molar-refractivity contribution is 7.81. The average Bonchev–Trinajstić information content (AvgIpc) is 3.28. The van der Waals surface area contributed by atoms with E-state index in [0.717, 1.165) is 25.0 Å². The fourth-order valence-electron chi connectivity index (χ4n) is 5.70. The van der Waals surface area contributed by atoms with Gasteiger partial charge in [-0.2, -0.15) is 22.8 Å². The zero-order valence-electron chi connectivity index (χ0n) is 18.3. The van der Waals surface area contributed by atoms with E-state index in [9.17, 15) is 4.79 Å². The lowest BCUT2D eigenvalue weighted by molar-refractivity contribution is -0.115. The molecule has 1 N–H and O–H groups in total. The van der Waals surface area contributed by atoms with E-state index in [-0.39, 0.29) is 16.7 Å². The lowest BCUT2D eigenvalue weighted by Crippen LogP contribution is -2.50. The van der Waals surface area contributed by atoms with Crippen LogP contribution < -0.4 is 5.32 Å². The van der Waals surface area contributed by atoms with Gasteiger partial charge in [0.15, 0.2) is 0 Å². The first kappa shape index (κ1) is 22.2. The fourth-order valence-corrected chi connectivity index (χ4v) is 5.77. The molecule has 0 spiro atoms. The highest BCUT2D eigenvalue weighted by Crippen LogP contribution is 2.49. The van der Waals surface area contributed by atoms with Gasteiger partial charge in [0.2, 0.25) is 11.9 Å². The number of rotatable bonds is 7. The molecular weight excluding hydrogens is 410 g/mol. The van der Waals surface area contributed by atoms with E-state index < -0.39 is 0 Å². The first-order valence-electron chi connectivity index (χ1n) is 11.7. The van der Waals surface area contributed by atoms with Crippen molar-refractivity contribution in [2.24, 2.45) is 11.8 Å². The third-order valence-electron chi connectivity index (χ3n) is 7.21. The summed E-state index contributed by atoms with van der Waals surface area (Å²) in [6, 6.07) is 3.97. The Morgan fingerprint density at radius 3 is 2.77 bits per heavy atom. The van der Waals surface area contributed by atoms with Crippen molar-refractivity contribution < 1.29 is 4.79 Å². The zero-order valence-corrected chi connectivity index (χ0v) is 19.2. The van der Waals surface area contributed by atoms with E-state index in [0.29, 0.717) is 30.6 Å². The third-order valence-corrected chi connectivity index (χ3v) is 7.81. The Bertz CT molecular complexity index is 855. The van der Waals surface area contributed by atoms with Gasteiger partial charge in [0.25, 0.3) is 0 Å². The van der Waals surface area contributed by atoms with Gasteiger partial charge in [0.1, 0.15) is 0 Å². The number of amides is 1. The summed E-state index contributed by atoms with van der Waals surface area (Å²) >= 11 is 4.39. The summed E-state index contributed by atoms with van der Waals surface area (Å²) in [5, 5.41) is 23.7. The summed E-state index contributed by atoms with van der Waals surface area (Å²) in [4.78, 5) is 12.6. The number of aromatic nitrogens is 6. The van der Waals surface area contributed by atoms with Crippen molar-refractivity contribution in [3.8, 4) is 0 Å². The molecule has 2 saturated carbocycles. The van der Waals surface area contributed by atoms with Crippen molar-refractivity contribution in [3.63, 3.8) is 0 Å². The summed E-state index contributed by atoms with van der Waals surface area (Å²) in [6.07, 6.45) is 13.9. The van der Waals surface area contributed by atoms with Gasteiger partial charge < -0.3 is 0 Å². The topological polar surface area (TPSA) is 98.5 Å². The molecule has 2 aromatic heterocycles. The molecule has 0 bridgehead atoms. The highest BCUT2D eigenvalue weighted by Gasteiger charge is 2.48. The molecule has 0 aromatic carbocycles. The molecule has 9 heteroatoms. The SMILES string of the molecule is CCC(S)C(=O)Nc1nnnn1C1(Cc2cccnn2)CCCCC1C1CCCCC1. The van der Waals surface area contributed by atoms with Crippen LogP contribution in [-0.2, 0) is 16.8 Å². The molecule has 3 atom stereocenters. The first-order valence-corrected chi connectivity index (χ1v) is 12.2. The summed E-state index contributed by atoms with van der Waals surface area (Å²) in [5.41, 5.74) is 0.624. The maximum Gasteiger partial charge on any atom is 0.250 e. The van der Waals surface area contributed by atoms with Gasteiger partial charge in [-0.15, -0.1) is 0 Å². The second kappa shape index (κ2) is 10.1. The van der Waals surface area contributed by atoms with E-state index in [4.69, 9.17) is 0 Å². The molecule has 2 fully saturated rings. The van der Waals surface area contributed by atoms with Crippen LogP contribution in [0.25, 0.3) is 0 Å². The Morgan fingerprint density at radius 2 is 2.03 bits per heavy atom. The lowest BCUT2D eigenvalue weighted by Gasteiger charge is -2.48. The van der Waals surface area contributed by atoms with Crippen LogP contribution in [0.15, 0.2) is 18.3 Å². The minimum atomic E-state index is -0.387. The number of carbonyl (C=O) groups excluding carboxylic acids is 1. The van der Waals surface area contributed by atoms with Gasteiger partial charge in [-0.25, -0.2) is 4.68 Å². The molecule has 2 aliphatic carbocycles. The second-order valence-corrected chi connectivity index (χ2v) is 9.70. The van der Waals surface area contributed by atoms with Crippen LogP contribution in [0.5, 0.6) is 0 Å². The molecule has 2 aliphatic rings. The van der Waals surface area contributed by atoms with Crippen molar-refractivity contribution >= 4 is 24.5 Å². The summed E-state index contributed by atoms with van der Waals surface area (Å²) < 4.78 is 1.91. The molecule has 3 unspecified atom stereocenters.